The predicted molar refractivity (Wildman–Crippen MR) is 88.2 cm³/mol. The lowest BCUT2D eigenvalue weighted by molar-refractivity contribution is 0.356. The van der Waals surface area contributed by atoms with Gasteiger partial charge in [0.05, 0.1) is 4.90 Å². The first-order chi connectivity index (χ1) is 9.91. The van der Waals surface area contributed by atoms with E-state index in [0.29, 0.717) is 18.0 Å². The maximum atomic E-state index is 12.6. The van der Waals surface area contributed by atoms with Crippen LogP contribution in [0.15, 0.2) is 29.2 Å². The van der Waals surface area contributed by atoms with Gasteiger partial charge in [-0.05, 0) is 58.3 Å². The number of rotatable bonds is 9. The summed E-state index contributed by atoms with van der Waals surface area (Å²) in [6.07, 6.45) is 0.829. The Labute approximate surface area is 129 Å². The lowest BCUT2D eigenvalue weighted by Gasteiger charge is -2.21. The van der Waals surface area contributed by atoms with Crippen molar-refractivity contribution in [3.63, 3.8) is 0 Å². The van der Waals surface area contributed by atoms with Crippen molar-refractivity contribution in [1.29, 1.82) is 0 Å². The van der Waals surface area contributed by atoms with E-state index < -0.39 is 10.0 Å². The van der Waals surface area contributed by atoms with E-state index in [0.717, 1.165) is 25.2 Å². The van der Waals surface area contributed by atoms with Gasteiger partial charge >= 0.3 is 0 Å². The number of nitrogens with zero attached hydrogens (tertiary/aromatic N) is 2. The maximum Gasteiger partial charge on any atom is 0.243 e. The average molecular weight is 313 g/mol. The van der Waals surface area contributed by atoms with E-state index >= 15 is 0 Å². The molecule has 0 atom stereocenters. The highest BCUT2D eigenvalue weighted by Gasteiger charge is 2.22. The van der Waals surface area contributed by atoms with Crippen LogP contribution >= 0.6 is 0 Å². The summed E-state index contributed by atoms with van der Waals surface area (Å²) >= 11 is 0. The van der Waals surface area contributed by atoms with Crippen LogP contribution < -0.4 is 5.32 Å². The molecule has 1 aromatic carbocycles. The van der Waals surface area contributed by atoms with Crippen molar-refractivity contribution in [3.05, 3.63) is 24.3 Å². The zero-order valence-corrected chi connectivity index (χ0v) is 14.3. The van der Waals surface area contributed by atoms with E-state index in [1.165, 1.54) is 0 Å². The van der Waals surface area contributed by atoms with Crippen molar-refractivity contribution in [2.24, 2.45) is 0 Å². The number of hydrogen-bond donors (Lipinski definition) is 1. The summed E-state index contributed by atoms with van der Waals surface area (Å²) in [5, 5.41) is 3.16. The highest BCUT2D eigenvalue weighted by molar-refractivity contribution is 7.89. The first-order valence-electron chi connectivity index (χ1n) is 7.40. The average Bonchev–Trinajstić information content (AvgIpc) is 2.44. The fraction of sp³-hybridized carbons (Fsp3) is 0.600. The largest absolute Gasteiger partial charge is 0.385 e. The molecule has 1 rings (SSSR count). The van der Waals surface area contributed by atoms with Crippen LogP contribution in [-0.4, -0.2) is 57.9 Å². The number of benzene rings is 1. The lowest BCUT2D eigenvalue weighted by atomic mass is 10.3. The van der Waals surface area contributed by atoms with Gasteiger partial charge in [0.1, 0.15) is 0 Å². The second-order valence-corrected chi connectivity index (χ2v) is 7.15. The molecular formula is C15H27N3O2S. The van der Waals surface area contributed by atoms with Crippen LogP contribution in [0.2, 0.25) is 0 Å². The summed E-state index contributed by atoms with van der Waals surface area (Å²) in [6, 6.07) is 6.96. The van der Waals surface area contributed by atoms with Crippen LogP contribution in [0.3, 0.4) is 0 Å². The van der Waals surface area contributed by atoms with E-state index in [4.69, 9.17) is 0 Å². The fourth-order valence-corrected chi connectivity index (χ4v) is 3.60. The van der Waals surface area contributed by atoms with E-state index in [2.05, 4.69) is 10.2 Å². The third kappa shape index (κ3) is 5.30. The molecule has 120 valence electrons. The molecule has 0 aliphatic carbocycles. The van der Waals surface area contributed by atoms with Crippen molar-refractivity contribution in [1.82, 2.24) is 9.21 Å². The quantitative estimate of drug-likeness (QED) is 0.758. The van der Waals surface area contributed by atoms with Crippen LogP contribution in [0.25, 0.3) is 0 Å². The Hall–Kier alpha value is -1.11. The standard InChI is InChI=1S/C15H27N3O2S/c1-5-16-14-8-10-15(11-9-14)21(19,20)18(6-2)13-7-12-17(3)4/h8-11,16H,5-7,12-13H2,1-4H3. The van der Waals surface area contributed by atoms with E-state index in [-0.39, 0.29) is 0 Å². The van der Waals surface area contributed by atoms with Crippen molar-refractivity contribution in [2.45, 2.75) is 25.2 Å². The van der Waals surface area contributed by atoms with E-state index in [1.54, 1.807) is 16.4 Å². The third-order valence-corrected chi connectivity index (χ3v) is 5.23. The minimum Gasteiger partial charge on any atom is -0.385 e. The van der Waals surface area contributed by atoms with Gasteiger partial charge in [-0.3, -0.25) is 0 Å². The normalized spacial score (nSPS) is 12.1. The van der Waals surface area contributed by atoms with Crippen molar-refractivity contribution >= 4 is 15.7 Å². The molecule has 0 aliphatic heterocycles. The summed E-state index contributed by atoms with van der Waals surface area (Å²) < 4.78 is 26.7. The van der Waals surface area contributed by atoms with Crippen molar-refractivity contribution in [3.8, 4) is 0 Å². The molecule has 0 radical (unpaired) electrons. The lowest BCUT2D eigenvalue weighted by Crippen LogP contribution is -2.33. The molecule has 0 fully saturated rings. The Morgan fingerprint density at radius 1 is 1.05 bits per heavy atom. The molecule has 0 aliphatic rings. The molecule has 21 heavy (non-hydrogen) atoms. The van der Waals surface area contributed by atoms with Gasteiger partial charge < -0.3 is 10.2 Å². The van der Waals surface area contributed by atoms with E-state index in [1.807, 2.05) is 40.1 Å². The number of hydrogen-bond acceptors (Lipinski definition) is 4. The highest BCUT2D eigenvalue weighted by atomic mass is 32.2. The summed E-state index contributed by atoms with van der Waals surface area (Å²) in [5.41, 5.74) is 0.937. The molecule has 6 heteroatoms. The molecule has 0 aromatic heterocycles. The highest BCUT2D eigenvalue weighted by Crippen LogP contribution is 2.18. The molecule has 0 spiro atoms. The molecule has 0 unspecified atom stereocenters. The van der Waals surface area contributed by atoms with Crippen LogP contribution in [-0.2, 0) is 10.0 Å². The van der Waals surface area contributed by atoms with Gasteiger partial charge in [0.15, 0.2) is 0 Å². The predicted octanol–water partition coefficient (Wildman–Crippen LogP) is 2.08. The van der Waals surface area contributed by atoms with Crippen LogP contribution in [0, 0.1) is 0 Å². The van der Waals surface area contributed by atoms with Crippen LogP contribution in [0.5, 0.6) is 0 Å². The zero-order chi connectivity index (χ0) is 15.9. The second-order valence-electron chi connectivity index (χ2n) is 5.21. The Morgan fingerprint density at radius 3 is 2.14 bits per heavy atom. The third-order valence-electron chi connectivity index (χ3n) is 3.24. The molecule has 0 heterocycles. The molecule has 1 aromatic rings. The molecule has 0 saturated heterocycles. The Bertz CT molecular complexity index is 512. The second kappa shape index (κ2) is 8.36. The molecule has 0 saturated carbocycles. The van der Waals surface area contributed by atoms with Crippen molar-refractivity contribution in [2.75, 3.05) is 45.6 Å². The molecular weight excluding hydrogens is 286 g/mol. The van der Waals surface area contributed by atoms with Gasteiger partial charge in [0.2, 0.25) is 10.0 Å². The Balaban J connectivity index is 2.80. The Morgan fingerprint density at radius 2 is 1.67 bits per heavy atom. The summed E-state index contributed by atoms with van der Waals surface area (Å²) in [4.78, 5) is 2.42. The summed E-state index contributed by atoms with van der Waals surface area (Å²) in [7, 11) is 0.587. The Kier molecular flexibility index (Phi) is 7.14. The number of sulfonamides is 1. The maximum absolute atomic E-state index is 12.6. The fourth-order valence-electron chi connectivity index (χ4n) is 2.11. The van der Waals surface area contributed by atoms with Crippen LogP contribution in [0.1, 0.15) is 20.3 Å². The monoisotopic (exact) mass is 313 g/mol. The zero-order valence-electron chi connectivity index (χ0n) is 13.5. The number of nitrogens with one attached hydrogen (secondary N) is 1. The minimum absolute atomic E-state index is 0.357. The van der Waals surface area contributed by atoms with Gasteiger partial charge in [-0.1, -0.05) is 6.92 Å². The molecule has 1 N–H and O–H groups in total. The van der Waals surface area contributed by atoms with Gasteiger partial charge in [-0.2, -0.15) is 4.31 Å². The van der Waals surface area contributed by atoms with E-state index in [9.17, 15) is 8.42 Å². The minimum atomic E-state index is -3.39. The molecule has 0 bridgehead atoms. The van der Waals surface area contributed by atoms with Gasteiger partial charge in [-0.25, -0.2) is 8.42 Å². The summed E-state index contributed by atoms with van der Waals surface area (Å²) in [6.45, 7) is 6.62. The number of anilines is 1. The van der Waals surface area contributed by atoms with Gasteiger partial charge in [0.25, 0.3) is 0 Å². The summed E-state index contributed by atoms with van der Waals surface area (Å²) in [5.74, 6) is 0. The van der Waals surface area contributed by atoms with Gasteiger partial charge in [-0.15, -0.1) is 0 Å². The first kappa shape index (κ1) is 17.9. The molecule has 0 amide bonds. The van der Waals surface area contributed by atoms with Crippen molar-refractivity contribution < 1.29 is 8.42 Å². The first-order valence-corrected chi connectivity index (χ1v) is 8.84. The van der Waals surface area contributed by atoms with Crippen LogP contribution in [0.4, 0.5) is 5.69 Å². The smallest absolute Gasteiger partial charge is 0.243 e. The SMILES string of the molecule is CCNc1ccc(S(=O)(=O)N(CC)CCCN(C)C)cc1. The molecule has 5 nitrogen and oxygen atoms in total. The topological polar surface area (TPSA) is 52.7 Å². The van der Waals surface area contributed by atoms with Gasteiger partial charge in [0, 0.05) is 25.3 Å².